The SMILES string of the molecule is COCc1cccc(NCC(O)c2ccco2)c1. The van der Waals surface area contributed by atoms with Gasteiger partial charge < -0.3 is 19.6 Å². The number of hydrogen-bond donors (Lipinski definition) is 2. The van der Waals surface area contributed by atoms with Gasteiger partial charge in [0.25, 0.3) is 0 Å². The van der Waals surface area contributed by atoms with E-state index < -0.39 is 6.10 Å². The maximum atomic E-state index is 9.86. The van der Waals surface area contributed by atoms with Crippen LogP contribution in [0.15, 0.2) is 47.1 Å². The minimum absolute atomic E-state index is 0.407. The van der Waals surface area contributed by atoms with Crippen molar-refractivity contribution in [2.45, 2.75) is 12.7 Å². The van der Waals surface area contributed by atoms with E-state index in [2.05, 4.69) is 5.32 Å². The number of rotatable bonds is 6. The van der Waals surface area contributed by atoms with Gasteiger partial charge in [0.1, 0.15) is 11.9 Å². The first-order valence-corrected chi connectivity index (χ1v) is 5.83. The predicted molar refractivity (Wildman–Crippen MR) is 69.3 cm³/mol. The smallest absolute Gasteiger partial charge is 0.134 e. The number of hydrogen-bond acceptors (Lipinski definition) is 4. The molecule has 4 nitrogen and oxygen atoms in total. The molecule has 18 heavy (non-hydrogen) atoms. The third kappa shape index (κ3) is 3.35. The average molecular weight is 247 g/mol. The van der Waals surface area contributed by atoms with E-state index in [-0.39, 0.29) is 0 Å². The van der Waals surface area contributed by atoms with Gasteiger partial charge in [0.15, 0.2) is 0 Å². The fourth-order valence-electron chi connectivity index (χ4n) is 1.73. The lowest BCUT2D eigenvalue weighted by molar-refractivity contribution is 0.162. The molecule has 2 N–H and O–H groups in total. The van der Waals surface area contributed by atoms with Gasteiger partial charge in [-0.15, -0.1) is 0 Å². The second kappa shape index (κ2) is 6.23. The first kappa shape index (κ1) is 12.7. The predicted octanol–water partition coefficient (Wildman–Crippen LogP) is 2.57. The highest BCUT2D eigenvalue weighted by molar-refractivity contribution is 5.45. The molecule has 0 aliphatic heterocycles. The summed E-state index contributed by atoms with van der Waals surface area (Å²) in [6, 6.07) is 11.4. The number of nitrogens with one attached hydrogen (secondary N) is 1. The van der Waals surface area contributed by atoms with Crippen molar-refractivity contribution < 1.29 is 14.3 Å². The number of anilines is 1. The first-order valence-electron chi connectivity index (χ1n) is 5.83. The zero-order chi connectivity index (χ0) is 12.8. The van der Waals surface area contributed by atoms with Crippen LogP contribution in [0, 0.1) is 0 Å². The molecule has 2 rings (SSSR count). The third-order valence-corrected chi connectivity index (χ3v) is 2.61. The van der Waals surface area contributed by atoms with E-state index in [0.29, 0.717) is 18.9 Å². The lowest BCUT2D eigenvalue weighted by Gasteiger charge is -2.11. The molecule has 96 valence electrons. The van der Waals surface area contributed by atoms with Crippen molar-refractivity contribution in [1.82, 2.24) is 0 Å². The fourth-order valence-corrected chi connectivity index (χ4v) is 1.73. The van der Waals surface area contributed by atoms with Crippen LogP contribution in [0.3, 0.4) is 0 Å². The topological polar surface area (TPSA) is 54.6 Å². The van der Waals surface area contributed by atoms with Crippen LogP contribution in [0.5, 0.6) is 0 Å². The van der Waals surface area contributed by atoms with Gasteiger partial charge in [0.2, 0.25) is 0 Å². The Morgan fingerprint density at radius 3 is 2.94 bits per heavy atom. The Labute approximate surface area is 106 Å². The molecule has 1 atom stereocenters. The summed E-state index contributed by atoms with van der Waals surface area (Å²) in [6.45, 7) is 0.986. The molecule has 0 amide bonds. The van der Waals surface area contributed by atoms with Crippen molar-refractivity contribution >= 4 is 5.69 Å². The summed E-state index contributed by atoms with van der Waals surface area (Å²) in [5.74, 6) is 0.565. The Balaban J connectivity index is 1.91. The monoisotopic (exact) mass is 247 g/mol. The second-order valence-electron chi connectivity index (χ2n) is 4.05. The number of methoxy groups -OCH3 is 1. The first-order chi connectivity index (χ1) is 8.79. The van der Waals surface area contributed by atoms with E-state index in [9.17, 15) is 5.11 Å². The molecule has 0 fully saturated rings. The lowest BCUT2D eigenvalue weighted by atomic mass is 10.2. The fraction of sp³-hybridized carbons (Fsp3) is 0.286. The van der Waals surface area contributed by atoms with Crippen LogP contribution in [0.4, 0.5) is 5.69 Å². The summed E-state index contributed by atoms with van der Waals surface area (Å²) >= 11 is 0. The van der Waals surface area contributed by atoms with E-state index >= 15 is 0 Å². The van der Waals surface area contributed by atoms with Crippen molar-refractivity contribution in [1.29, 1.82) is 0 Å². The molecular formula is C14H17NO3. The molecule has 1 aromatic carbocycles. The number of aliphatic hydroxyl groups excluding tert-OH is 1. The Hall–Kier alpha value is -1.78. The number of aliphatic hydroxyl groups is 1. The summed E-state index contributed by atoms with van der Waals surface area (Å²) in [6.07, 6.45) is 0.906. The normalized spacial score (nSPS) is 12.3. The second-order valence-corrected chi connectivity index (χ2v) is 4.05. The molecule has 1 heterocycles. The molecule has 1 unspecified atom stereocenters. The van der Waals surface area contributed by atoms with Crippen molar-refractivity contribution in [2.24, 2.45) is 0 Å². The van der Waals surface area contributed by atoms with Crippen LogP contribution < -0.4 is 5.32 Å². The minimum Gasteiger partial charge on any atom is -0.467 e. The lowest BCUT2D eigenvalue weighted by Crippen LogP contribution is -2.11. The maximum absolute atomic E-state index is 9.86. The Morgan fingerprint density at radius 1 is 1.33 bits per heavy atom. The van der Waals surface area contributed by atoms with Crippen LogP contribution in [-0.2, 0) is 11.3 Å². The van der Waals surface area contributed by atoms with Gasteiger partial charge in [-0.05, 0) is 29.8 Å². The van der Waals surface area contributed by atoms with Gasteiger partial charge in [-0.3, -0.25) is 0 Å². The van der Waals surface area contributed by atoms with Gasteiger partial charge >= 0.3 is 0 Å². The van der Waals surface area contributed by atoms with Crippen molar-refractivity contribution in [2.75, 3.05) is 19.0 Å². The van der Waals surface area contributed by atoms with E-state index in [4.69, 9.17) is 9.15 Å². The van der Waals surface area contributed by atoms with E-state index in [1.807, 2.05) is 24.3 Å². The molecule has 4 heteroatoms. The Bertz CT molecular complexity index is 468. The van der Waals surface area contributed by atoms with E-state index in [0.717, 1.165) is 11.3 Å². The largest absolute Gasteiger partial charge is 0.467 e. The van der Waals surface area contributed by atoms with Crippen molar-refractivity contribution in [3.63, 3.8) is 0 Å². The van der Waals surface area contributed by atoms with Gasteiger partial charge in [-0.2, -0.15) is 0 Å². The molecule has 0 saturated heterocycles. The molecule has 0 saturated carbocycles. The van der Waals surface area contributed by atoms with Crippen molar-refractivity contribution in [3.8, 4) is 0 Å². The van der Waals surface area contributed by atoms with E-state index in [1.165, 1.54) is 0 Å². The zero-order valence-corrected chi connectivity index (χ0v) is 10.3. The molecule has 1 aromatic heterocycles. The average Bonchev–Trinajstić information content (AvgIpc) is 2.91. The standard InChI is InChI=1S/C14H17NO3/c1-17-10-11-4-2-5-12(8-11)15-9-13(16)14-6-3-7-18-14/h2-8,13,15-16H,9-10H2,1H3. The van der Waals surface area contributed by atoms with Crippen LogP contribution in [0.2, 0.25) is 0 Å². The molecule has 2 aromatic rings. The van der Waals surface area contributed by atoms with Crippen LogP contribution in [0.25, 0.3) is 0 Å². The number of furan rings is 1. The van der Waals surface area contributed by atoms with Crippen LogP contribution in [-0.4, -0.2) is 18.8 Å². The number of ether oxygens (including phenoxy) is 1. The quantitative estimate of drug-likeness (QED) is 0.823. The van der Waals surface area contributed by atoms with Gasteiger partial charge in [0, 0.05) is 19.3 Å². The highest BCUT2D eigenvalue weighted by Gasteiger charge is 2.09. The Kier molecular flexibility index (Phi) is 4.39. The molecule has 0 radical (unpaired) electrons. The summed E-state index contributed by atoms with van der Waals surface area (Å²) in [5.41, 5.74) is 2.05. The summed E-state index contributed by atoms with van der Waals surface area (Å²) in [4.78, 5) is 0. The maximum Gasteiger partial charge on any atom is 0.134 e. The van der Waals surface area contributed by atoms with Crippen molar-refractivity contribution in [3.05, 3.63) is 54.0 Å². The zero-order valence-electron chi connectivity index (χ0n) is 10.3. The van der Waals surface area contributed by atoms with Gasteiger partial charge in [-0.25, -0.2) is 0 Å². The highest BCUT2D eigenvalue weighted by Crippen LogP contribution is 2.16. The molecular weight excluding hydrogens is 230 g/mol. The molecule has 0 aliphatic rings. The Morgan fingerprint density at radius 2 is 2.22 bits per heavy atom. The van der Waals surface area contributed by atoms with Gasteiger partial charge in [0.05, 0.1) is 12.9 Å². The summed E-state index contributed by atoms with van der Waals surface area (Å²) in [5, 5.41) is 13.0. The summed E-state index contributed by atoms with van der Waals surface area (Å²) in [7, 11) is 1.67. The third-order valence-electron chi connectivity index (χ3n) is 2.61. The summed E-state index contributed by atoms with van der Waals surface area (Å²) < 4.78 is 10.2. The van der Waals surface area contributed by atoms with Gasteiger partial charge in [-0.1, -0.05) is 12.1 Å². The highest BCUT2D eigenvalue weighted by atomic mass is 16.5. The van der Waals surface area contributed by atoms with Crippen LogP contribution >= 0.6 is 0 Å². The molecule has 0 spiro atoms. The number of benzene rings is 1. The minimum atomic E-state index is -0.647. The van der Waals surface area contributed by atoms with Crippen LogP contribution in [0.1, 0.15) is 17.4 Å². The molecule has 0 bridgehead atoms. The molecule has 0 aliphatic carbocycles. The van der Waals surface area contributed by atoms with E-state index in [1.54, 1.807) is 25.5 Å².